The second-order valence-corrected chi connectivity index (χ2v) is 5.95. The van der Waals surface area contributed by atoms with Crippen molar-refractivity contribution in [2.75, 3.05) is 27.4 Å². The smallest absolute Gasteiger partial charge is 0.360 e. The molecule has 0 radical (unpaired) electrons. The van der Waals surface area contributed by atoms with Gasteiger partial charge in [-0.2, -0.15) is 0 Å². The molecule has 0 aliphatic carbocycles. The van der Waals surface area contributed by atoms with Crippen LogP contribution in [-0.2, 0) is 16.0 Å². The molecule has 10 heteroatoms. The summed E-state index contributed by atoms with van der Waals surface area (Å²) in [7, 11) is 2.77. The number of hydrogen-bond donors (Lipinski definition) is 0. The summed E-state index contributed by atoms with van der Waals surface area (Å²) < 4.78 is 14.8. The number of nitro benzene ring substituents is 1. The van der Waals surface area contributed by atoms with Crippen molar-refractivity contribution in [2.45, 2.75) is 19.9 Å². The highest BCUT2D eigenvalue weighted by atomic mass is 16.6. The first kappa shape index (κ1) is 21.0. The van der Waals surface area contributed by atoms with Gasteiger partial charge < -0.3 is 18.8 Å². The molecule has 0 unspecified atom stereocenters. The minimum atomic E-state index is -0.651. The molecule has 0 bridgehead atoms. The number of ether oxygens (including phenoxy) is 2. The number of oxazole rings is 1. The lowest BCUT2D eigenvalue weighted by Crippen LogP contribution is -2.32. The molecule has 0 N–H and O–H groups in total. The molecule has 0 saturated carbocycles. The molecule has 0 aliphatic heterocycles. The Bertz CT molecular complexity index is 863. The fourth-order valence-electron chi connectivity index (χ4n) is 2.52. The van der Waals surface area contributed by atoms with Crippen LogP contribution in [0.5, 0.6) is 0 Å². The van der Waals surface area contributed by atoms with Crippen molar-refractivity contribution in [3.8, 4) is 0 Å². The van der Waals surface area contributed by atoms with E-state index in [1.54, 1.807) is 14.0 Å². The molecule has 0 fully saturated rings. The van der Waals surface area contributed by atoms with Crippen LogP contribution in [0.15, 0.2) is 28.9 Å². The van der Waals surface area contributed by atoms with Crippen molar-refractivity contribution in [3.05, 3.63) is 57.3 Å². The quantitative estimate of drug-likeness (QED) is 0.276. The standard InChI is InChI=1S/C18H21N3O7/c1-12-5-6-13(9-15(12)21(24)25)17(22)20(7-4-8-26-2)10-16-19-14(11-28-16)18(23)27-3/h5-6,9,11H,4,7-8,10H2,1-3H3. The van der Waals surface area contributed by atoms with Gasteiger partial charge in [-0.05, 0) is 19.4 Å². The number of aromatic nitrogens is 1. The SMILES string of the molecule is COCCCN(Cc1nc(C(=O)OC)co1)C(=O)c1ccc(C)c([N+](=O)[O-])c1. The number of rotatable bonds is 9. The number of esters is 1. The van der Waals surface area contributed by atoms with E-state index in [0.29, 0.717) is 25.1 Å². The minimum Gasteiger partial charge on any atom is -0.464 e. The first-order valence-corrected chi connectivity index (χ1v) is 8.43. The van der Waals surface area contributed by atoms with Crippen molar-refractivity contribution in [1.29, 1.82) is 0 Å². The van der Waals surface area contributed by atoms with Crippen LogP contribution < -0.4 is 0 Å². The van der Waals surface area contributed by atoms with E-state index in [1.165, 1.54) is 30.2 Å². The van der Waals surface area contributed by atoms with Crippen LogP contribution in [0.25, 0.3) is 0 Å². The van der Waals surface area contributed by atoms with Gasteiger partial charge in [-0.3, -0.25) is 14.9 Å². The third-order valence-corrected chi connectivity index (χ3v) is 3.99. The predicted octanol–water partition coefficient (Wildman–Crippen LogP) is 2.36. The summed E-state index contributed by atoms with van der Waals surface area (Å²) in [5.41, 5.74) is 0.497. The van der Waals surface area contributed by atoms with E-state index in [-0.39, 0.29) is 29.4 Å². The summed E-state index contributed by atoms with van der Waals surface area (Å²) in [6, 6.07) is 4.30. The van der Waals surface area contributed by atoms with Crippen LogP contribution in [0.1, 0.15) is 38.7 Å². The maximum atomic E-state index is 12.9. The largest absolute Gasteiger partial charge is 0.464 e. The van der Waals surface area contributed by atoms with Crippen LogP contribution in [0.3, 0.4) is 0 Å². The normalized spacial score (nSPS) is 10.5. The van der Waals surface area contributed by atoms with Gasteiger partial charge in [0.15, 0.2) is 5.69 Å². The third kappa shape index (κ3) is 5.13. The number of hydrogen-bond acceptors (Lipinski definition) is 8. The predicted molar refractivity (Wildman–Crippen MR) is 96.9 cm³/mol. The zero-order valence-corrected chi connectivity index (χ0v) is 15.8. The number of aryl methyl sites for hydroxylation is 1. The first-order valence-electron chi connectivity index (χ1n) is 8.43. The van der Waals surface area contributed by atoms with Crippen molar-refractivity contribution in [1.82, 2.24) is 9.88 Å². The molecule has 1 aromatic heterocycles. The minimum absolute atomic E-state index is 0.00670. The molecule has 1 aromatic carbocycles. The zero-order valence-electron chi connectivity index (χ0n) is 15.8. The average Bonchev–Trinajstić information content (AvgIpc) is 3.15. The number of carbonyl (C=O) groups is 2. The fourth-order valence-corrected chi connectivity index (χ4v) is 2.52. The van der Waals surface area contributed by atoms with E-state index in [2.05, 4.69) is 9.72 Å². The number of amides is 1. The third-order valence-electron chi connectivity index (χ3n) is 3.99. The van der Waals surface area contributed by atoms with Gasteiger partial charge in [-0.1, -0.05) is 6.07 Å². The van der Waals surface area contributed by atoms with Crippen LogP contribution in [0, 0.1) is 17.0 Å². The maximum Gasteiger partial charge on any atom is 0.360 e. The van der Waals surface area contributed by atoms with Crippen LogP contribution >= 0.6 is 0 Å². The first-order chi connectivity index (χ1) is 13.4. The van der Waals surface area contributed by atoms with Gasteiger partial charge in [-0.15, -0.1) is 0 Å². The highest BCUT2D eigenvalue weighted by Gasteiger charge is 2.22. The van der Waals surface area contributed by atoms with Crippen LogP contribution in [-0.4, -0.2) is 54.1 Å². The van der Waals surface area contributed by atoms with Gasteiger partial charge in [0.2, 0.25) is 5.89 Å². The maximum absolute atomic E-state index is 12.9. The van der Waals surface area contributed by atoms with Gasteiger partial charge in [0.1, 0.15) is 6.26 Å². The molecule has 1 amide bonds. The van der Waals surface area contributed by atoms with E-state index >= 15 is 0 Å². The number of nitro groups is 1. The van der Waals surface area contributed by atoms with E-state index in [9.17, 15) is 19.7 Å². The van der Waals surface area contributed by atoms with Gasteiger partial charge in [0.25, 0.3) is 11.6 Å². The number of benzene rings is 1. The fraction of sp³-hybridized carbons (Fsp3) is 0.389. The highest BCUT2D eigenvalue weighted by Crippen LogP contribution is 2.21. The Balaban J connectivity index is 2.25. The molecule has 0 aliphatic rings. The van der Waals surface area contributed by atoms with Crippen LogP contribution in [0.2, 0.25) is 0 Å². The highest BCUT2D eigenvalue weighted by molar-refractivity contribution is 5.95. The lowest BCUT2D eigenvalue weighted by molar-refractivity contribution is -0.385. The lowest BCUT2D eigenvalue weighted by Gasteiger charge is -2.21. The number of nitrogens with zero attached hydrogens (tertiary/aromatic N) is 3. The summed E-state index contributed by atoms with van der Waals surface area (Å²) >= 11 is 0. The molecule has 10 nitrogen and oxygen atoms in total. The Morgan fingerprint density at radius 2 is 2.07 bits per heavy atom. The average molecular weight is 391 g/mol. The van der Waals surface area contributed by atoms with Crippen molar-refractivity contribution < 1.29 is 28.4 Å². The number of methoxy groups -OCH3 is 2. The molecule has 1 heterocycles. The molecule has 2 rings (SSSR count). The summed E-state index contributed by atoms with van der Waals surface area (Å²) in [6.07, 6.45) is 1.69. The Morgan fingerprint density at radius 3 is 2.71 bits per heavy atom. The van der Waals surface area contributed by atoms with Crippen molar-refractivity contribution in [2.24, 2.45) is 0 Å². The molecule has 0 atom stereocenters. The molecule has 28 heavy (non-hydrogen) atoms. The van der Waals surface area contributed by atoms with Gasteiger partial charge in [0, 0.05) is 37.5 Å². The zero-order chi connectivity index (χ0) is 20.7. The van der Waals surface area contributed by atoms with Crippen molar-refractivity contribution in [3.63, 3.8) is 0 Å². The second-order valence-electron chi connectivity index (χ2n) is 5.95. The van der Waals surface area contributed by atoms with Crippen molar-refractivity contribution >= 4 is 17.6 Å². The molecule has 0 saturated heterocycles. The molecule has 0 spiro atoms. The summed E-state index contributed by atoms with van der Waals surface area (Å²) in [4.78, 5) is 40.5. The second kappa shape index (κ2) is 9.60. The molecular formula is C18H21N3O7. The lowest BCUT2D eigenvalue weighted by atomic mass is 10.1. The Kier molecular flexibility index (Phi) is 7.21. The molecule has 2 aromatic rings. The Hall–Kier alpha value is -3.27. The summed E-state index contributed by atoms with van der Waals surface area (Å²) in [6.45, 7) is 2.33. The van der Waals surface area contributed by atoms with Gasteiger partial charge in [-0.25, -0.2) is 9.78 Å². The van der Waals surface area contributed by atoms with E-state index < -0.39 is 16.8 Å². The van der Waals surface area contributed by atoms with Gasteiger partial charge >= 0.3 is 5.97 Å². The Morgan fingerprint density at radius 1 is 1.32 bits per heavy atom. The van der Waals surface area contributed by atoms with E-state index in [4.69, 9.17) is 9.15 Å². The monoisotopic (exact) mass is 391 g/mol. The summed E-state index contributed by atoms with van der Waals surface area (Å²) in [5, 5.41) is 11.2. The Labute approximate surface area is 161 Å². The molecule has 150 valence electrons. The summed E-state index contributed by atoms with van der Waals surface area (Å²) in [5.74, 6) is -0.925. The molecular weight excluding hydrogens is 370 g/mol. The van der Waals surface area contributed by atoms with E-state index in [1.807, 2.05) is 0 Å². The topological polar surface area (TPSA) is 125 Å². The van der Waals surface area contributed by atoms with Gasteiger partial charge in [0.05, 0.1) is 18.6 Å². The van der Waals surface area contributed by atoms with Crippen LogP contribution in [0.4, 0.5) is 5.69 Å². The number of carbonyl (C=O) groups excluding carboxylic acids is 2. The van der Waals surface area contributed by atoms with E-state index in [0.717, 1.165) is 6.26 Å².